The molecule has 5 unspecified atom stereocenters. The van der Waals surface area contributed by atoms with E-state index in [4.69, 9.17) is 4.74 Å². The van der Waals surface area contributed by atoms with Gasteiger partial charge in [-0.05, 0) is 75.5 Å². The third kappa shape index (κ3) is 2.51. The number of hydrogen-bond acceptors (Lipinski definition) is 3. The summed E-state index contributed by atoms with van der Waals surface area (Å²) >= 11 is 0. The molecule has 3 nitrogen and oxygen atoms in total. The largest absolute Gasteiger partial charge is 0.515 e. The molecule has 0 amide bonds. The van der Waals surface area contributed by atoms with E-state index in [0.29, 0.717) is 17.9 Å². The molecule has 0 aromatic rings. The summed E-state index contributed by atoms with van der Waals surface area (Å²) in [4.78, 5) is 12.6. The Morgan fingerprint density at radius 3 is 2.57 bits per heavy atom. The number of rotatable bonds is 5. The van der Waals surface area contributed by atoms with Crippen molar-refractivity contribution in [2.24, 2.45) is 35.0 Å². The average molecular weight is 320 g/mol. The Kier molecular flexibility index (Phi) is 4.05. The van der Waals surface area contributed by atoms with Crippen LogP contribution in [-0.4, -0.2) is 16.7 Å². The third-order valence-corrected chi connectivity index (χ3v) is 6.90. The van der Waals surface area contributed by atoms with Crippen LogP contribution in [0.25, 0.3) is 0 Å². The van der Waals surface area contributed by atoms with Crippen molar-refractivity contribution in [1.82, 2.24) is 0 Å². The topological polar surface area (TPSA) is 46.5 Å². The molecule has 0 spiro atoms. The van der Waals surface area contributed by atoms with E-state index in [1.54, 1.807) is 0 Å². The molecule has 5 atom stereocenters. The van der Waals surface area contributed by atoms with Crippen LogP contribution in [-0.2, 0) is 9.53 Å². The number of esters is 1. The first-order chi connectivity index (χ1) is 10.7. The number of carbonyl (C=O) groups is 1. The molecule has 23 heavy (non-hydrogen) atoms. The first-order valence-corrected chi connectivity index (χ1v) is 9.27. The Bertz CT molecular complexity index is 519. The van der Waals surface area contributed by atoms with E-state index in [9.17, 15) is 9.90 Å². The predicted octanol–water partition coefficient (Wildman–Crippen LogP) is 4.87. The fourth-order valence-corrected chi connectivity index (χ4v) is 6.03. The molecule has 0 radical (unpaired) electrons. The summed E-state index contributed by atoms with van der Waals surface area (Å²) in [6.45, 7) is 10.6. The Morgan fingerprint density at radius 1 is 1.30 bits per heavy atom. The number of aliphatic hydroxyl groups excluding tert-OH is 1. The van der Waals surface area contributed by atoms with Gasteiger partial charge in [-0.1, -0.05) is 20.8 Å². The smallest absolute Gasteiger partial charge is 0.337 e. The Labute approximate surface area is 140 Å². The zero-order chi connectivity index (χ0) is 17.0. The van der Waals surface area contributed by atoms with E-state index in [1.807, 2.05) is 13.8 Å². The Hall–Kier alpha value is -0.990. The molecule has 3 fully saturated rings. The van der Waals surface area contributed by atoms with Crippen LogP contribution in [0.1, 0.15) is 66.7 Å². The second-order valence-electron chi connectivity index (χ2n) is 9.34. The Balaban J connectivity index is 1.75. The molecule has 3 aliphatic carbocycles. The highest BCUT2D eigenvalue weighted by Gasteiger charge is 2.71. The van der Waals surface area contributed by atoms with Gasteiger partial charge in [0.1, 0.15) is 5.60 Å². The molecule has 3 heteroatoms. The van der Waals surface area contributed by atoms with Crippen LogP contribution in [0.3, 0.4) is 0 Å². The third-order valence-electron chi connectivity index (χ3n) is 6.90. The van der Waals surface area contributed by atoms with E-state index in [-0.39, 0.29) is 11.4 Å². The van der Waals surface area contributed by atoms with Crippen molar-refractivity contribution in [1.29, 1.82) is 0 Å². The van der Waals surface area contributed by atoms with Gasteiger partial charge in [0.25, 0.3) is 0 Å². The number of aliphatic hydroxyl groups is 1. The zero-order valence-corrected chi connectivity index (χ0v) is 15.3. The van der Waals surface area contributed by atoms with Crippen molar-refractivity contribution in [3.8, 4) is 0 Å². The van der Waals surface area contributed by atoms with E-state index < -0.39 is 5.60 Å². The highest BCUT2D eigenvalue weighted by atomic mass is 16.6. The second-order valence-corrected chi connectivity index (χ2v) is 9.34. The summed E-state index contributed by atoms with van der Waals surface area (Å²) in [5, 5.41) is 9.41. The monoisotopic (exact) mass is 320 g/mol. The minimum Gasteiger partial charge on any atom is -0.515 e. The maximum atomic E-state index is 12.6. The molecular formula is C20H32O3. The summed E-state index contributed by atoms with van der Waals surface area (Å²) in [5.41, 5.74) is 0.102. The lowest BCUT2D eigenvalue weighted by molar-refractivity contribution is -0.281. The van der Waals surface area contributed by atoms with Crippen molar-refractivity contribution < 1.29 is 14.6 Å². The van der Waals surface area contributed by atoms with Gasteiger partial charge in [0.2, 0.25) is 0 Å². The minimum atomic E-state index is -0.455. The summed E-state index contributed by atoms with van der Waals surface area (Å²) in [6, 6.07) is 0. The van der Waals surface area contributed by atoms with Crippen LogP contribution in [0.15, 0.2) is 11.8 Å². The average Bonchev–Trinajstić information content (AvgIpc) is 2.38. The highest BCUT2D eigenvalue weighted by molar-refractivity contribution is 5.88. The molecule has 0 saturated heterocycles. The van der Waals surface area contributed by atoms with Gasteiger partial charge in [0, 0.05) is 5.41 Å². The van der Waals surface area contributed by atoms with Crippen LogP contribution in [0.4, 0.5) is 0 Å². The lowest BCUT2D eigenvalue weighted by atomic mass is 9.32. The van der Waals surface area contributed by atoms with E-state index in [0.717, 1.165) is 29.9 Å². The summed E-state index contributed by atoms with van der Waals surface area (Å²) in [7, 11) is 0. The highest BCUT2D eigenvalue weighted by Crippen LogP contribution is 2.74. The lowest BCUT2D eigenvalue weighted by Gasteiger charge is -2.73. The molecule has 3 aliphatic rings. The van der Waals surface area contributed by atoms with Crippen molar-refractivity contribution in [3.63, 3.8) is 0 Å². The first kappa shape index (κ1) is 16.9. The van der Waals surface area contributed by atoms with Crippen LogP contribution in [0.5, 0.6) is 0 Å². The van der Waals surface area contributed by atoms with Crippen LogP contribution in [0, 0.1) is 35.0 Å². The van der Waals surface area contributed by atoms with Gasteiger partial charge >= 0.3 is 5.97 Å². The van der Waals surface area contributed by atoms with Gasteiger partial charge in [0.15, 0.2) is 0 Å². The fraction of sp³-hybridized carbons (Fsp3) is 0.850. The summed E-state index contributed by atoms with van der Waals surface area (Å²) in [6.07, 6.45) is 6.62. The Morgan fingerprint density at radius 2 is 2.00 bits per heavy atom. The number of carbonyl (C=O) groups excluding carboxylic acids is 1. The molecule has 0 aromatic carbocycles. The van der Waals surface area contributed by atoms with E-state index >= 15 is 0 Å². The first-order valence-electron chi connectivity index (χ1n) is 9.27. The van der Waals surface area contributed by atoms with Crippen molar-refractivity contribution in [2.45, 2.75) is 72.3 Å². The molecule has 1 N–H and O–H groups in total. The predicted molar refractivity (Wildman–Crippen MR) is 90.9 cm³/mol. The fourth-order valence-electron chi connectivity index (χ4n) is 6.03. The molecule has 0 bridgehead atoms. The van der Waals surface area contributed by atoms with Crippen LogP contribution in [0.2, 0.25) is 0 Å². The minimum absolute atomic E-state index is 0.159. The molecule has 0 aliphatic heterocycles. The number of hydrogen-bond donors (Lipinski definition) is 1. The standard InChI is InChI=1S/C20H32O3/c1-12(2)6-16(11-21)18(22)23-19(4,5)20-9-13(3)7-14-8-15(10-20)17(14)20/h11-15,17,21H,6-10H2,1-5H3/b16-11-. The number of ether oxygens (including phenoxy) is 1. The van der Waals surface area contributed by atoms with Crippen molar-refractivity contribution in [3.05, 3.63) is 11.8 Å². The van der Waals surface area contributed by atoms with Crippen LogP contribution >= 0.6 is 0 Å². The maximum Gasteiger partial charge on any atom is 0.337 e. The van der Waals surface area contributed by atoms with Crippen molar-refractivity contribution in [2.75, 3.05) is 0 Å². The molecule has 3 saturated carbocycles. The SMILES string of the molecule is CC(C)C/C(=C/O)C(=O)OC(C)(C)C12CC(C)CC3CC(C1)C32. The van der Waals surface area contributed by atoms with Crippen molar-refractivity contribution >= 4 is 5.97 Å². The lowest BCUT2D eigenvalue weighted by Crippen LogP contribution is -2.70. The van der Waals surface area contributed by atoms with Gasteiger partial charge in [-0.15, -0.1) is 0 Å². The maximum absolute atomic E-state index is 12.6. The molecule has 0 heterocycles. The van der Waals surface area contributed by atoms with Gasteiger partial charge in [0.05, 0.1) is 11.8 Å². The molecular weight excluding hydrogens is 288 g/mol. The second kappa shape index (κ2) is 5.53. The molecule has 0 aromatic heterocycles. The van der Waals surface area contributed by atoms with E-state index in [1.165, 1.54) is 25.7 Å². The van der Waals surface area contributed by atoms with Crippen LogP contribution < -0.4 is 0 Å². The van der Waals surface area contributed by atoms with E-state index in [2.05, 4.69) is 20.8 Å². The zero-order valence-electron chi connectivity index (χ0n) is 15.3. The van der Waals surface area contributed by atoms with Gasteiger partial charge in [-0.25, -0.2) is 4.79 Å². The van der Waals surface area contributed by atoms with Gasteiger partial charge in [-0.2, -0.15) is 0 Å². The molecule has 3 rings (SSSR count). The summed E-state index contributed by atoms with van der Waals surface area (Å²) < 4.78 is 6.01. The van der Waals surface area contributed by atoms with Gasteiger partial charge in [-0.3, -0.25) is 0 Å². The normalized spacial score (nSPS) is 39.3. The quantitative estimate of drug-likeness (QED) is 0.446. The summed E-state index contributed by atoms with van der Waals surface area (Å²) in [5.74, 6) is 3.18. The van der Waals surface area contributed by atoms with Gasteiger partial charge < -0.3 is 9.84 Å². The molecule has 130 valence electrons.